The number of nitrogens with one attached hydrogen (secondary N) is 1. The lowest BCUT2D eigenvalue weighted by Crippen LogP contribution is -2.32. The van der Waals surface area contributed by atoms with Crippen LogP contribution < -0.4 is 5.32 Å². The molecule has 1 amide bonds. The standard InChI is InChI=1S/C18H22N4OS/c1-21-15-8-4-3-7-14(15)20-17(21)13-19-18(23)16(9-12-24-2)22-10-5-6-11-22/h3-8,10-11,16H,9,12-13H2,1-2H3,(H,19,23)/t16-/m1/s1. The second-order valence-corrected chi connectivity index (χ2v) is 6.71. The molecule has 1 atom stereocenters. The molecule has 5 nitrogen and oxygen atoms in total. The van der Waals surface area contributed by atoms with Gasteiger partial charge in [0, 0.05) is 19.4 Å². The van der Waals surface area contributed by atoms with Crippen LogP contribution in [0.25, 0.3) is 11.0 Å². The number of carbonyl (C=O) groups excluding carboxylic acids is 1. The fraction of sp³-hybridized carbons (Fsp3) is 0.333. The Balaban J connectivity index is 1.71. The van der Waals surface area contributed by atoms with Crippen LogP contribution in [0.2, 0.25) is 0 Å². The van der Waals surface area contributed by atoms with Crippen LogP contribution in [0.4, 0.5) is 0 Å². The minimum atomic E-state index is -0.179. The van der Waals surface area contributed by atoms with Crippen molar-refractivity contribution in [1.29, 1.82) is 0 Å². The Labute approximate surface area is 146 Å². The SMILES string of the molecule is CSCC[C@H](C(=O)NCc1nc2ccccc2n1C)n1cccc1. The molecule has 0 radical (unpaired) electrons. The Bertz CT molecular complexity index is 810. The lowest BCUT2D eigenvalue weighted by molar-refractivity contribution is -0.124. The smallest absolute Gasteiger partial charge is 0.243 e. The van der Waals surface area contributed by atoms with Gasteiger partial charge in [0.05, 0.1) is 17.6 Å². The van der Waals surface area contributed by atoms with E-state index in [1.807, 2.05) is 65.0 Å². The second-order valence-electron chi connectivity index (χ2n) is 5.72. The van der Waals surface area contributed by atoms with E-state index in [2.05, 4.69) is 16.6 Å². The molecule has 1 N–H and O–H groups in total. The summed E-state index contributed by atoms with van der Waals surface area (Å²) in [5.41, 5.74) is 2.03. The number of carbonyl (C=O) groups is 1. The van der Waals surface area contributed by atoms with Gasteiger partial charge < -0.3 is 14.5 Å². The van der Waals surface area contributed by atoms with Crippen LogP contribution in [0.1, 0.15) is 18.3 Å². The van der Waals surface area contributed by atoms with Crippen molar-refractivity contribution in [1.82, 2.24) is 19.4 Å². The van der Waals surface area contributed by atoms with Crippen LogP contribution >= 0.6 is 11.8 Å². The highest BCUT2D eigenvalue weighted by atomic mass is 32.2. The van der Waals surface area contributed by atoms with Crippen molar-refractivity contribution < 1.29 is 4.79 Å². The predicted octanol–water partition coefficient (Wildman–Crippen LogP) is 2.99. The third-order valence-electron chi connectivity index (χ3n) is 4.19. The van der Waals surface area contributed by atoms with Crippen LogP contribution in [-0.2, 0) is 18.4 Å². The van der Waals surface area contributed by atoms with Gasteiger partial charge in [-0.05, 0) is 42.7 Å². The first-order valence-electron chi connectivity index (χ1n) is 8.00. The van der Waals surface area contributed by atoms with Gasteiger partial charge in [-0.25, -0.2) is 4.98 Å². The molecular weight excluding hydrogens is 320 g/mol. The zero-order valence-corrected chi connectivity index (χ0v) is 14.8. The molecule has 0 saturated carbocycles. The summed E-state index contributed by atoms with van der Waals surface area (Å²) in [5.74, 6) is 1.84. The van der Waals surface area contributed by atoms with Gasteiger partial charge in [0.1, 0.15) is 11.9 Å². The zero-order chi connectivity index (χ0) is 16.9. The molecule has 0 aliphatic carbocycles. The summed E-state index contributed by atoms with van der Waals surface area (Å²) in [6, 6.07) is 11.7. The van der Waals surface area contributed by atoms with Gasteiger partial charge in [-0.2, -0.15) is 11.8 Å². The highest BCUT2D eigenvalue weighted by molar-refractivity contribution is 7.98. The fourth-order valence-electron chi connectivity index (χ4n) is 2.84. The van der Waals surface area contributed by atoms with Crippen molar-refractivity contribution >= 4 is 28.7 Å². The Morgan fingerprint density at radius 2 is 2.00 bits per heavy atom. The normalized spacial score (nSPS) is 12.4. The van der Waals surface area contributed by atoms with E-state index < -0.39 is 0 Å². The monoisotopic (exact) mass is 342 g/mol. The number of hydrogen-bond donors (Lipinski definition) is 1. The summed E-state index contributed by atoms with van der Waals surface area (Å²) < 4.78 is 4.00. The van der Waals surface area contributed by atoms with Crippen molar-refractivity contribution in [3.8, 4) is 0 Å². The average molecular weight is 342 g/mol. The van der Waals surface area contributed by atoms with Crippen molar-refractivity contribution in [3.05, 3.63) is 54.6 Å². The summed E-state index contributed by atoms with van der Waals surface area (Å²) in [5, 5.41) is 3.05. The minimum absolute atomic E-state index is 0.0345. The van der Waals surface area contributed by atoms with Gasteiger partial charge in [0.2, 0.25) is 5.91 Å². The van der Waals surface area contributed by atoms with Crippen LogP contribution in [0.15, 0.2) is 48.8 Å². The Kier molecular flexibility index (Phi) is 5.25. The number of benzene rings is 1. The van der Waals surface area contributed by atoms with Crippen LogP contribution in [-0.4, -0.2) is 32.0 Å². The van der Waals surface area contributed by atoms with Crippen molar-refractivity contribution in [3.63, 3.8) is 0 Å². The average Bonchev–Trinajstić information content (AvgIpc) is 3.22. The topological polar surface area (TPSA) is 51.9 Å². The molecule has 3 rings (SSSR count). The number of rotatable bonds is 7. The number of imidazole rings is 1. The molecule has 0 spiro atoms. The molecule has 126 valence electrons. The van der Waals surface area contributed by atoms with E-state index in [0.717, 1.165) is 29.0 Å². The van der Waals surface area contributed by atoms with Gasteiger partial charge in [0.25, 0.3) is 0 Å². The Morgan fingerprint density at radius 3 is 2.71 bits per heavy atom. The molecule has 0 bridgehead atoms. The molecule has 0 unspecified atom stereocenters. The van der Waals surface area contributed by atoms with E-state index >= 15 is 0 Å². The van der Waals surface area contributed by atoms with Gasteiger partial charge in [-0.1, -0.05) is 12.1 Å². The van der Waals surface area contributed by atoms with Crippen LogP contribution in [0.3, 0.4) is 0 Å². The second kappa shape index (κ2) is 7.57. The Hall–Kier alpha value is -2.21. The first-order valence-corrected chi connectivity index (χ1v) is 9.39. The van der Waals surface area contributed by atoms with Crippen LogP contribution in [0, 0.1) is 0 Å². The summed E-state index contributed by atoms with van der Waals surface area (Å²) in [6.07, 6.45) is 6.76. The summed E-state index contributed by atoms with van der Waals surface area (Å²) >= 11 is 1.75. The number of amides is 1. The minimum Gasteiger partial charge on any atom is -0.347 e. The first-order chi connectivity index (χ1) is 11.7. The molecule has 1 aromatic carbocycles. The van der Waals surface area contributed by atoms with Gasteiger partial charge in [0.15, 0.2) is 0 Å². The number of nitrogens with zero attached hydrogens (tertiary/aromatic N) is 3. The van der Waals surface area contributed by atoms with Gasteiger partial charge in [-0.3, -0.25) is 4.79 Å². The highest BCUT2D eigenvalue weighted by Gasteiger charge is 2.19. The first kappa shape index (κ1) is 16.6. The zero-order valence-electron chi connectivity index (χ0n) is 14.0. The largest absolute Gasteiger partial charge is 0.347 e. The number of aryl methyl sites for hydroxylation is 1. The van der Waals surface area contributed by atoms with E-state index in [9.17, 15) is 4.79 Å². The van der Waals surface area contributed by atoms with Gasteiger partial charge in [-0.15, -0.1) is 0 Å². The lowest BCUT2D eigenvalue weighted by Gasteiger charge is -2.18. The molecule has 0 saturated heterocycles. The molecular formula is C18H22N4OS. The van der Waals surface area contributed by atoms with Crippen LogP contribution in [0.5, 0.6) is 0 Å². The summed E-state index contributed by atoms with van der Waals surface area (Å²) in [6.45, 7) is 0.432. The summed E-state index contributed by atoms with van der Waals surface area (Å²) in [7, 11) is 1.98. The maximum Gasteiger partial charge on any atom is 0.243 e. The molecule has 0 aliphatic rings. The lowest BCUT2D eigenvalue weighted by atomic mass is 10.2. The molecule has 6 heteroatoms. The Morgan fingerprint density at radius 1 is 1.25 bits per heavy atom. The maximum atomic E-state index is 12.7. The fourth-order valence-corrected chi connectivity index (χ4v) is 3.30. The van der Waals surface area contributed by atoms with E-state index in [0.29, 0.717) is 6.54 Å². The molecule has 2 aromatic heterocycles. The maximum absolute atomic E-state index is 12.7. The number of hydrogen-bond acceptors (Lipinski definition) is 3. The van der Waals surface area contributed by atoms with Crippen molar-refractivity contribution in [2.75, 3.05) is 12.0 Å². The number of aromatic nitrogens is 3. The number of fused-ring (bicyclic) bond motifs is 1. The van der Waals surface area contributed by atoms with Gasteiger partial charge >= 0.3 is 0 Å². The van der Waals surface area contributed by atoms with Crippen molar-refractivity contribution in [2.24, 2.45) is 7.05 Å². The third-order valence-corrected chi connectivity index (χ3v) is 4.83. The summed E-state index contributed by atoms with van der Waals surface area (Å²) in [4.78, 5) is 17.3. The van der Waals surface area contributed by atoms with E-state index in [1.54, 1.807) is 11.8 Å². The molecule has 24 heavy (non-hydrogen) atoms. The van der Waals surface area contributed by atoms with E-state index in [1.165, 1.54) is 0 Å². The van der Waals surface area contributed by atoms with E-state index in [4.69, 9.17) is 0 Å². The van der Waals surface area contributed by atoms with Crippen molar-refractivity contribution in [2.45, 2.75) is 19.0 Å². The predicted molar refractivity (Wildman–Crippen MR) is 99.0 cm³/mol. The highest BCUT2D eigenvalue weighted by Crippen LogP contribution is 2.17. The van der Waals surface area contributed by atoms with E-state index in [-0.39, 0.29) is 11.9 Å². The molecule has 0 fully saturated rings. The number of para-hydroxylation sites is 2. The molecule has 2 heterocycles. The third kappa shape index (κ3) is 3.48. The molecule has 0 aliphatic heterocycles. The quantitative estimate of drug-likeness (QED) is 0.718. The number of thioether (sulfide) groups is 1. The molecule has 3 aromatic rings.